The molecule has 7 aromatic rings. The zero-order valence-electron chi connectivity index (χ0n) is 60.5. The molecule has 10 N–H and O–H groups in total. The summed E-state index contributed by atoms with van der Waals surface area (Å²) < 4.78 is 78.5. The van der Waals surface area contributed by atoms with Crippen molar-refractivity contribution in [1.29, 1.82) is 0 Å². The zero-order chi connectivity index (χ0) is 76.0. The fourth-order valence-corrected chi connectivity index (χ4v) is 14.1. The highest BCUT2D eigenvalue weighted by Crippen LogP contribution is 2.45. The Kier molecular flexibility index (Phi) is 25.9. The van der Waals surface area contributed by atoms with E-state index in [-0.39, 0.29) is 56.0 Å². The van der Waals surface area contributed by atoms with Crippen molar-refractivity contribution in [2.24, 2.45) is 10.8 Å². The molecule has 104 heavy (non-hydrogen) atoms. The van der Waals surface area contributed by atoms with Crippen molar-refractivity contribution in [3.05, 3.63) is 155 Å². The van der Waals surface area contributed by atoms with Gasteiger partial charge in [0, 0.05) is 50.1 Å². The number of carbonyl (C=O) groups excluding carboxylic acids is 5. The van der Waals surface area contributed by atoms with Gasteiger partial charge in [-0.1, -0.05) is 71.9 Å². The van der Waals surface area contributed by atoms with E-state index in [0.29, 0.717) is 88.7 Å². The third-order valence-corrected chi connectivity index (χ3v) is 20.1. The van der Waals surface area contributed by atoms with E-state index in [1.54, 1.807) is 76.2 Å². The quantitative estimate of drug-likeness (QED) is 0.0374. The van der Waals surface area contributed by atoms with Crippen LogP contribution in [0.25, 0.3) is 44.3 Å². The first-order chi connectivity index (χ1) is 49.3. The Morgan fingerprint density at radius 2 is 0.962 bits per heavy atom. The molecule has 14 atom stereocenters. The lowest BCUT2D eigenvalue weighted by atomic mass is 9.85. The number of fused-ring (bicyclic) bond motifs is 2. The third-order valence-electron chi connectivity index (χ3n) is 20.1. The first kappa shape index (κ1) is 79.8. The highest BCUT2D eigenvalue weighted by Gasteiger charge is 2.46. The summed E-state index contributed by atoms with van der Waals surface area (Å²) in [5.74, 6) is -3.37. The lowest BCUT2D eigenvalue weighted by Gasteiger charge is -2.37. The maximum Gasteiger partial charge on any atom is 0.410 e. The summed E-state index contributed by atoms with van der Waals surface area (Å²) in [6.07, 6.45) is -8.76. The summed E-state index contributed by atoms with van der Waals surface area (Å²) in [6, 6.07) is 25.1. The first-order valence-corrected chi connectivity index (χ1v) is 35.0. The molecule has 11 rings (SSSR count). The minimum atomic E-state index is -1.60. The van der Waals surface area contributed by atoms with Crippen LogP contribution >= 0.6 is 0 Å². The molecule has 0 spiro atoms. The fraction of sp³-hybridized carbons (Fsp3) is 0.494. The number of ether oxygens (including phenoxy) is 3. The second kappa shape index (κ2) is 33.8. The van der Waals surface area contributed by atoms with E-state index in [4.69, 9.17) is 19.3 Å². The van der Waals surface area contributed by atoms with E-state index in [2.05, 4.69) is 16.0 Å². The summed E-state index contributed by atoms with van der Waals surface area (Å²) in [4.78, 5) is 72.9. The summed E-state index contributed by atoms with van der Waals surface area (Å²) in [5, 5.41) is 80.9. The Morgan fingerprint density at radius 1 is 0.567 bits per heavy atom. The van der Waals surface area contributed by atoms with E-state index >= 15 is 0 Å². The summed E-state index contributed by atoms with van der Waals surface area (Å²) >= 11 is 0. The molecule has 27 heteroatoms. The van der Waals surface area contributed by atoms with Crippen LogP contribution in [-0.2, 0) is 52.8 Å². The van der Waals surface area contributed by atoms with Gasteiger partial charge in [0.25, 0.3) is 0 Å². The lowest BCUT2D eigenvalue weighted by Crippen LogP contribution is -2.59. The number of aliphatic hydroxyl groups is 7. The molecule has 0 radical (unpaired) electrons. The summed E-state index contributed by atoms with van der Waals surface area (Å²) in [5.41, 5.74) is 3.64. The standard InChI is InChI=1S/C42H50F2N4O8.C34H44F2N4O6.CH4O/c1-24(46(5)41(54)56-22-25-10-7-6-8-11-25)38(52)45-37(42(2,3)4)39(53)47-19-9-12-29(47)21-31-30-18-17-28(44)20-32(30)48(34(31)26-13-15-27(43)16-14-26)40-36(51)35(50)33(49)23-55-40;1-18(37-5)31(44)38-30(34(2,3)4)32(45)39-14-6-7-22(39)16-24-23-13-12-21(36)15-25(23)40(27(24)19-8-10-20(35)11-9-19)33-29(43)28(42)26(41)17-46-33;1-2/h6-8,10-11,13-18,20,24,29,33,35-37,40,49-51H,9,12,19,21-23H2,1-5H3,(H,45,52);8-13,15,18,22,26,28-30,33,37,41-43H,6-7,14,16-17H2,1-5H3,(H,38,44);2H,1H3/t24-,29-,33+,35-,36+,37+,40?;18-,22-,26+,28-,29+,30+,33?;/m00./s1. The maximum atomic E-state index is 15.0. The first-order valence-electron chi connectivity index (χ1n) is 35.0. The van der Waals surface area contributed by atoms with Gasteiger partial charge in [0.1, 0.15) is 84.6 Å². The molecule has 4 fully saturated rings. The number of nitrogens with one attached hydrogen (secondary N) is 3. The van der Waals surface area contributed by atoms with Crippen LogP contribution in [0.5, 0.6) is 0 Å². The topological polar surface area (TPSA) is 310 Å². The molecule has 5 aromatic carbocycles. The van der Waals surface area contributed by atoms with Gasteiger partial charge in [-0.15, -0.1) is 0 Å². The number of likely N-dealkylation sites (tertiary alicyclic amines) is 2. The zero-order valence-corrected chi connectivity index (χ0v) is 60.5. The number of hydrogen-bond donors (Lipinski definition) is 10. The SMILES string of the molecule is CN[C@@H](C)C(=O)N[C@H](C(=O)N1CCC[C@H]1Cc1c(-c2ccc(F)cc2)n(C2OC[C@@H](O)[C@H](O)[C@H]2O)c2cc(F)ccc12)C(C)(C)C.CO.C[C@@H](C(=O)N[C@H](C(=O)N1CCC[C@H]1Cc1c(-c2ccc(F)cc2)n(C2OC[C@@H](O)[C@H](O)[C@H]2O)c2cc(F)ccc12)C(C)(C)C)N(C)C(=O)OCc1ccccc1. The van der Waals surface area contributed by atoms with Crippen molar-refractivity contribution in [3.63, 3.8) is 0 Å². The van der Waals surface area contributed by atoms with Gasteiger partial charge in [0.15, 0.2) is 12.5 Å². The monoisotopic (exact) mass is 1450 g/mol. The second-order valence-electron chi connectivity index (χ2n) is 29.3. The minimum absolute atomic E-state index is 0.0353. The Hall–Kier alpha value is -8.35. The van der Waals surface area contributed by atoms with Crippen LogP contribution in [0.1, 0.15) is 110 Å². The molecule has 4 aliphatic rings. The predicted octanol–water partition coefficient (Wildman–Crippen LogP) is 7.40. The average Bonchev–Trinajstić information content (AvgIpc) is 1.58. The molecule has 5 amide bonds. The van der Waals surface area contributed by atoms with E-state index in [1.807, 2.05) is 71.9 Å². The van der Waals surface area contributed by atoms with E-state index in [9.17, 15) is 72.2 Å². The number of rotatable bonds is 18. The molecule has 2 aromatic heterocycles. The number of aromatic nitrogens is 2. The van der Waals surface area contributed by atoms with Gasteiger partial charge >= 0.3 is 6.09 Å². The van der Waals surface area contributed by atoms with Gasteiger partial charge in [-0.05, 0) is 183 Å². The lowest BCUT2D eigenvalue weighted by molar-refractivity contribution is -0.209. The average molecular weight is 1450 g/mol. The van der Waals surface area contributed by atoms with Crippen LogP contribution in [0.4, 0.5) is 22.4 Å². The van der Waals surface area contributed by atoms with E-state index < -0.39 is 119 Å². The van der Waals surface area contributed by atoms with Crippen molar-refractivity contribution in [2.45, 2.75) is 186 Å². The number of halogens is 4. The molecular weight excluding hydrogens is 1350 g/mol. The number of amides is 5. The molecule has 6 heterocycles. The molecule has 4 aliphatic heterocycles. The minimum Gasteiger partial charge on any atom is -0.445 e. The normalized spacial score (nSPS) is 23.2. The molecule has 4 saturated heterocycles. The van der Waals surface area contributed by atoms with E-state index in [0.717, 1.165) is 24.7 Å². The number of benzene rings is 5. The van der Waals surface area contributed by atoms with Crippen LogP contribution in [0, 0.1) is 34.1 Å². The number of likely N-dealkylation sites (N-methyl/N-ethyl adjacent to an activating group) is 2. The second-order valence-corrected chi connectivity index (χ2v) is 29.3. The van der Waals surface area contributed by atoms with Gasteiger partial charge in [0.05, 0.1) is 41.7 Å². The van der Waals surface area contributed by atoms with Crippen molar-refractivity contribution >= 4 is 51.5 Å². The van der Waals surface area contributed by atoms with Crippen LogP contribution < -0.4 is 16.0 Å². The van der Waals surface area contributed by atoms with Gasteiger partial charge in [-0.2, -0.15) is 0 Å². The third kappa shape index (κ3) is 17.4. The Morgan fingerprint density at radius 3 is 1.36 bits per heavy atom. The summed E-state index contributed by atoms with van der Waals surface area (Å²) in [7, 11) is 4.14. The van der Waals surface area contributed by atoms with Crippen LogP contribution in [0.2, 0.25) is 0 Å². The van der Waals surface area contributed by atoms with Crippen molar-refractivity contribution in [3.8, 4) is 22.5 Å². The maximum absolute atomic E-state index is 15.0. The van der Waals surface area contributed by atoms with Crippen LogP contribution in [0.3, 0.4) is 0 Å². The Labute approximate surface area is 602 Å². The van der Waals surface area contributed by atoms with Gasteiger partial charge < -0.3 is 84.8 Å². The van der Waals surface area contributed by atoms with E-state index in [1.165, 1.54) is 60.5 Å². The largest absolute Gasteiger partial charge is 0.445 e. The molecule has 0 saturated carbocycles. The van der Waals surface area contributed by atoms with Gasteiger partial charge in [-0.25, -0.2) is 22.4 Å². The molecule has 2 unspecified atom stereocenters. The number of aliphatic hydroxyl groups excluding tert-OH is 7. The van der Waals surface area contributed by atoms with Crippen molar-refractivity contribution < 1.29 is 91.5 Å². The molecule has 23 nitrogen and oxygen atoms in total. The number of hydrogen-bond acceptors (Lipinski definition) is 16. The Bertz CT molecular complexity index is 4130. The van der Waals surface area contributed by atoms with Crippen LogP contribution in [0.15, 0.2) is 115 Å². The molecule has 0 aliphatic carbocycles. The number of nitrogens with zero attached hydrogens (tertiary/aromatic N) is 5. The van der Waals surface area contributed by atoms with Crippen LogP contribution in [-0.4, -0.2) is 210 Å². The van der Waals surface area contributed by atoms with Crippen molar-refractivity contribution in [2.75, 3.05) is 47.5 Å². The van der Waals surface area contributed by atoms with Gasteiger partial charge in [0.2, 0.25) is 23.6 Å². The molecule has 564 valence electrons. The molecule has 0 bridgehead atoms. The highest BCUT2D eigenvalue weighted by molar-refractivity contribution is 5.95. The predicted molar refractivity (Wildman–Crippen MR) is 381 cm³/mol. The number of carbonyl (C=O) groups is 5. The highest BCUT2D eigenvalue weighted by atomic mass is 19.1. The Balaban J connectivity index is 0.000000240. The fourth-order valence-electron chi connectivity index (χ4n) is 14.1. The van der Waals surface area contributed by atoms with Gasteiger partial charge in [-0.3, -0.25) is 24.1 Å². The summed E-state index contributed by atoms with van der Waals surface area (Å²) in [6.45, 7) is 14.9. The van der Waals surface area contributed by atoms with Crippen molar-refractivity contribution in [1.82, 2.24) is 39.8 Å². The smallest absolute Gasteiger partial charge is 0.410 e. The molecular formula is C77H98F4N8O15.